The molecular weight excluding hydrogens is 236 g/mol. The maximum Gasteiger partial charge on any atom is 0.115 e. The molecule has 0 radical (unpaired) electrons. The first-order valence-electron chi connectivity index (χ1n) is 7.06. The van der Waals surface area contributed by atoms with Crippen molar-refractivity contribution in [1.82, 2.24) is 0 Å². The largest absolute Gasteiger partial charge is 0.508 e. The van der Waals surface area contributed by atoms with Crippen molar-refractivity contribution in [2.24, 2.45) is 11.3 Å². The first-order valence-corrected chi connectivity index (χ1v) is 7.06. The van der Waals surface area contributed by atoms with E-state index in [1.807, 2.05) is 12.1 Å². The third kappa shape index (κ3) is 2.38. The van der Waals surface area contributed by atoms with Crippen molar-refractivity contribution in [3.05, 3.63) is 29.8 Å². The Morgan fingerprint density at radius 3 is 2.47 bits per heavy atom. The average molecular weight is 262 g/mol. The van der Waals surface area contributed by atoms with Gasteiger partial charge in [-0.3, -0.25) is 0 Å². The van der Waals surface area contributed by atoms with E-state index in [4.69, 9.17) is 0 Å². The quantitative estimate of drug-likeness (QED) is 0.801. The van der Waals surface area contributed by atoms with E-state index in [2.05, 4.69) is 6.92 Å². The summed E-state index contributed by atoms with van der Waals surface area (Å²) >= 11 is 0. The van der Waals surface area contributed by atoms with Gasteiger partial charge in [-0.2, -0.15) is 0 Å². The molecule has 0 aliphatic heterocycles. The fourth-order valence-corrected chi connectivity index (χ4v) is 4.04. The van der Waals surface area contributed by atoms with Crippen molar-refractivity contribution < 1.29 is 10.2 Å². The summed E-state index contributed by atoms with van der Waals surface area (Å²) in [5.41, 5.74) is 1.50. The Bertz CT molecular complexity index is 425. The van der Waals surface area contributed by atoms with Crippen LogP contribution < -0.4 is 0 Å². The van der Waals surface area contributed by atoms with Crippen LogP contribution in [0.2, 0.25) is 0 Å². The van der Waals surface area contributed by atoms with Crippen molar-refractivity contribution in [3.8, 4) is 5.75 Å². The lowest BCUT2D eigenvalue weighted by Gasteiger charge is -2.42. The predicted molar refractivity (Wildman–Crippen MR) is 78.3 cm³/mol. The molecule has 1 aromatic rings. The van der Waals surface area contributed by atoms with Gasteiger partial charge in [-0.05, 0) is 67.1 Å². The van der Waals surface area contributed by atoms with Crippen molar-refractivity contribution in [2.75, 3.05) is 0 Å². The second kappa shape index (κ2) is 5.16. The third-order valence-electron chi connectivity index (χ3n) is 5.45. The van der Waals surface area contributed by atoms with Crippen LogP contribution in [0.3, 0.4) is 0 Å². The van der Waals surface area contributed by atoms with Crippen LogP contribution in [0, 0.1) is 11.3 Å². The van der Waals surface area contributed by atoms with E-state index in [1.165, 1.54) is 18.4 Å². The van der Waals surface area contributed by atoms with Gasteiger partial charge in [0.25, 0.3) is 0 Å². The second-order valence-corrected chi connectivity index (χ2v) is 6.36. The van der Waals surface area contributed by atoms with Crippen LogP contribution in [0.15, 0.2) is 24.3 Å². The Labute approximate surface area is 116 Å². The zero-order valence-electron chi connectivity index (χ0n) is 11.0. The SMILES string of the molecule is C.C[C@]12CC[C@H](c3ccc(O)cc3)CC1CC[C@@H]2O. The van der Waals surface area contributed by atoms with Crippen LogP contribution in [0.5, 0.6) is 5.75 Å². The Kier molecular flexibility index (Phi) is 3.91. The second-order valence-electron chi connectivity index (χ2n) is 6.36. The zero-order valence-corrected chi connectivity index (χ0v) is 11.0. The van der Waals surface area contributed by atoms with Gasteiger partial charge in [-0.15, -0.1) is 0 Å². The molecule has 0 saturated heterocycles. The fraction of sp³-hybridized carbons (Fsp3) is 0.647. The number of hydrogen-bond acceptors (Lipinski definition) is 2. The molecule has 0 amide bonds. The summed E-state index contributed by atoms with van der Waals surface area (Å²) in [4.78, 5) is 0. The summed E-state index contributed by atoms with van der Waals surface area (Å²) in [5, 5.41) is 19.5. The maximum absolute atomic E-state index is 10.1. The van der Waals surface area contributed by atoms with Gasteiger partial charge >= 0.3 is 0 Å². The van der Waals surface area contributed by atoms with E-state index in [0.717, 1.165) is 19.3 Å². The number of rotatable bonds is 1. The van der Waals surface area contributed by atoms with Gasteiger partial charge in [-0.1, -0.05) is 26.5 Å². The number of aliphatic hydroxyl groups is 1. The molecule has 1 unspecified atom stereocenters. The molecule has 2 heteroatoms. The summed E-state index contributed by atoms with van der Waals surface area (Å²) in [7, 11) is 0. The highest BCUT2D eigenvalue weighted by Crippen LogP contribution is 2.55. The smallest absolute Gasteiger partial charge is 0.115 e. The van der Waals surface area contributed by atoms with Crippen molar-refractivity contribution in [1.29, 1.82) is 0 Å². The topological polar surface area (TPSA) is 40.5 Å². The van der Waals surface area contributed by atoms with Gasteiger partial charge in [0.15, 0.2) is 0 Å². The summed E-state index contributed by atoms with van der Waals surface area (Å²) < 4.78 is 0. The molecule has 2 aliphatic carbocycles. The van der Waals surface area contributed by atoms with Crippen molar-refractivity contribution >= 4 is 0 Å². The summed E-state index contributed by atoms with van der Waals surface area (Å²) in [5.74, 6) is 1.62. The molecule has 3 rings (SSSR count). The number of phenolic OH excluding ortho intramolecular Hbond substituents is 1. The molecule has 1 aromatic carbocycles. The van der Waals surface area contributed by atoms with Gasteiger partial charge in [0.05, 0.1) is 6.10 Å². The maximum atomic E-state index is 10.1. The monoisotopic (exact) mass is 262 g/mol. The molecule has 0 bridgehead atoms. The van der Waals surface area contributed by atoms with Crippen LogP contribution in [0.4, 0.5) is 0 Å². The van der Waals surface area contributed by atoms with Gasteiger partial charge < -0.3 is 10.2 Å². The van der Waals surface area contributed by atoms with Gasteiger partial charge in [0.1, 0.15) is 5.75 Å². The molecule has 4 atom stereocenters. The van der Waals surface area contributed by atoms with Crippen LogP contribution in [0.1, 0.15) is 57.9 Å². The van der Waals surface area contributed by atoms with Crippen LogP contribution in [0.25, 0.3) is 0 Å². The highest BCUT2D eigenvalue weighted by Gasteiger charge is 2.48. The van der Waals surface area contributed by atoms with Crippen molar-refractivity contribution in [2.45, 2.75) is 58.5 Å². The molecule has 2 fully saturated rings. The van der Waals surface area contributed by atoms with E-state index in [1.54, 1.807) is 12.1 Å². The molecule has 0 heterocycles. The molecule has 106 valence electrons. The highest BCUT2D eigenvalue weighted by molar-refractivity contribution is 5.29. The molecule has 2 saturated carbocycles. The normalized spacial score (nSPS) is 37.5. The van der Waals surface area contributed by atoms with E-state index in [0.29, 0.717) is 17.6 Å². The zero-order chi connectivity index (χ0) is 12.8. The lowest BCUT2D eigenvalue weighted by atomic mass is 9.64. The minimum absolute atomic E-state index is 0. The lowest BCUT2D eigenvalue weighted by Crippen LogP contribution is -2.36. The number of phenols is 1. The summed E-state index contributed by atoms with van der Waals surface area (Å²) in [6.07, 6.45) is 5.54. The first-order chi connectivity index (χ1) is 8.59. The van der Waals surface area contributed by atoms with Crippen LogP contribution in [-0.2, 0) is 0 Å². The number of hydrogen-bond donors (Lipinski definition) is 2. The van der Waals surface area contributed by atoms with E-state index < -0.39 is 0 Å². The molecule has 0 spiro atoms. The highest BCUT2D eigenvalue weighted by atomic mass is 16.3. The Morgan fingerprint density at radius 1 is 1.11 bits per heavy atom. The number of aliphatic hydroxyl groups excluding tert-OH is 1. The fourth-order valence-electron chi connectivity index (χ4n) is 4.04. The predicted octanol–water partition coefficient (Wildman–Crippen LogP) is 4.07. The Hall–Kier alpha value is -1.02. The third-order valence-corrected chi connectivity index (χ3v) is 5.45. The lowest BCUT2D eigenvalue weighted by molar-refractivity contribution is 0.00872. The first kappa shape index (κ1) is 14.4. The van der Waals surface area contributed by atoms with E-state index >= 15 is 0 Å². The van der Waals surface area contributed by atoms with Gasteiger partial charge in [0, 0.05) is 0 Å². The Morgan fingerprint density at radius 2 is 1.79 bits per heavy atom. The molecule has 0 aromatic heterocycles. The van der Waals surface area contributed by atoms with E-state index in [9.17, 15) is 10.2 Å². The summed E-state index contributed by atoms with van der Waals surface area (Å²) in [6.45, 7) is 2.27. The van der Waals surface area contributed by atoms with Crippen molar-refractivity contribution in [3.63, 3.8) is 0 Å². The molecule has 2 nitrogen and oxygen atoms in total. The summed E-state index contributed by atoms with van der Waals surface area (Å²) in [6, 6.07) is 7.67. The Balaban J connectivity index is 0.00000133. The molecule has 2 aliphatic rings. The van der Waals surface area contributed by atoms with Gasteiger partial charge in [0.2, 0.25) is 0 Å². The molecular formula is C17H26O2. The molecule has 2 N–H and O–H groups in total. The van der Waals surface area contributed by atoms with Crippen LogP contribution >= 0.6 is 0 Å². The minimum atomic E-state index is -0.0942. The minimum Gasteiger partial charge on any atom is -0.508 e. The standard InChI is InChI=1S/C16H22O2.CH4/c1-16-9-8-12(10-13(16)4-7-15(16)18)11-2-5-14(17)6-3-11;/h2-3,5-6,12-13,15,17-18H,4,7-10H2,1H3;1H4/t12-,13?,15-,16-;/m0./s1. The molecule has 19 heavy (non-hydrogen) atoms. The number of benzene rings is 1. The number of aromatic hydroxyl groups is 1. The van der Waals surface area contributed by atoms with Crippen LogP contribution in [-0.4, -0.2) is 16.3 Å². The van der Waals surface area contributed by atoms with E-state index in [-0.39, 0.29) is 18.9 Å². The average Bonchev–Trinajstić information content (AvgIpc) is 2.66. The number of fused-ring (bicyclic) bond motifs is 1. The van der Waals surface area contributed by atoms with Gasteiger partial charge in [-0.25, -0.2) is 0 Å².